The Morgan fingerprint density at radius 2 is 2.05 bits per heavy atom. The minimum Gasteiger partial charge on any atom is -0.479 e. The molecule has 9 heteroatoms. The van der Waals surface area contributed by atoms with E-state index < -0.39 is 18.1 Å². The number of nitrogens with zero attached hydrogens (tertiary/aromatic N) is 3. The fourth-order valence-corrected chi connectivity index (χ4v) is 1.30. The number of carboxylic acids is 1. The number of carbonyl (C=O) groups is 2. The lowest BCUT2D eigenvalue weighted by atomic mass is 10.2. The molecule has 0 aliphatic rings. The van der Waals surface area contributed by atoms with Crippen molar-refractivity contribution in [1.29, 1.82) is 0 Å². The first-order valence-electron chi connectivity index (χ1n) is 5.86. The summed E-state index contributed by atoms with van der Waals surface area (Å²) in [5.74, 6) is -1.30. The molecule has 0 aromatic carbocycles. The van der Waals surface area contributed by atoms with Crippen LogP contribution in [0.4, 0.5) is 4.79 Å². The van der Waals surface area contributed by atoms with E-state index in [1.165, 1.54) is 0 Å². The van der Waals surface area contributed by atoms with Crippen molar-refractivity contribution < 1.29 is 19.8 Å². The average molecular weight is 271 g/mol. The SMILES string of the molecule is O=C(NCCCn1ccnn1)NCC[C@H](O)C(=O)O. The molecule has 4 N–H and O–H groups in total. The summed E-state index contributed by atoms with van der Waals surface area (Å²) in [6, 6.07) is -0.392. The van der Waals surface area contributed by atoms with Crippen LogP contribution in [-0.4, -0.2) is 56.4 Å². The largest absolute Gasteiger partial charge is 0.479 e. The number of nitrogens with one attached hydrogen (secondary N) is 2. The molecule has 106 valence electrons. The lowest BCUT2D eigenvalue weighted by molar-refractivity contribution is -0.146. The van der Waals surface area contributed by atoms with Gasteiger partial charge in [0, 0.05) is 32.3 Å². The summed E-state index contributed by atoms with van der Waals surface area (Å²) in [5.41, 5.74) is 0. The molecule has 0 fully saturated rings. The highest BCUT2D eigenvalue weighted by molar-refractivity contribution is 5.74. The maximum Gasteiger partial charge on any atom is 0.332 e. The molecule has 1 aromatic heterocycles. The quantitative estimate of drug-likeness (QED) is 0.440. The number of amides is 2. The molecule has 1 rings (SSSR count). The second kappa shape index (κ2) is 8.03. The van der Waals surface area contributed by atoms with Crippen LogP contribution in [0.5, 0.6) is 0 Å². The van der Waals surface area contributed by atoms with Gasteiger partial charge in [-0.1, -0.05) is 5.21 Å². The number of hydrogen-bond donors (Lipinski definition) is 4. The molecule has 0 spiro atoms. The van der Waals surface area contributed by atoms with Crippen LogP contribution in [0.2, 0.25) is 0 Å². The highest BCUT2D eigenvalue weighted by atomic mass is 16.4. The first kappa shape index (κ1) is 14.9. The lowest BCUT2D eigenvalue weighted by Crippen LogP contribution is -2.38. The van der Waals surface area contributed by atoms with E-state index in [-0.39, 0.29) is 13.0 Å². The summed E-state index contributed by atoms with van der Waals surface area (Å²) in [7, 11) is 0. The summed E-state index contributed by atoms with van der Waals surface area (Å²) in [6.45, 7) is 1.22. The third-order valence-electron chi connectivity index (χ3n) is 2.31. The van der Waals surface area contributed by atoms with Gasteiger partial charge < -0.3 is 20.8 Å². The van der Waals surface area contributed by atoms with Gasteiger partial charge in [0.25, 0.3) is 0 Å². The number of carboxylic acid groups (broad SMARTS) is 1. The van der Waals surface area contributed by atoms with Crippen LogP contribution >= 0.6 is 0 Å². The van der Waals surface area contributed by atoms with E-state index in [0.717, 1.165) is 0 Å². The average Bonchev–Trinajstić information content (AvgIpc) is 2.87. The van der Waals surface area contributed by atoms with Crippen molar-refractivity contribution >= 4 is 12.0 Å². The fourth-order valence-electron chi connectivity index (χ4n) is 1.30. The van der Waals surface area contributed by atoms with Gasteiger partial charge in [-0.15, -0.1) is 5.10 Å². The number of urea groups is 1. The molecule has 0 saturated heterocycles. The summed E-state index contributed by atoms with van der Waals surface area (Å²) < 4.78 is 1.66. The zero-order valence-electron chi connectivity index (χ0n) is 10.3. The molecule has 0 bridgehead atoms. The molecule has 1 heterocycles. The molecular weight excluding hydrogens is 254 g/mol. The van der Waals surface area contributed by atoms with Crippen LogP contribution in [-0.2, 0) is 11.3 Å². The predicted octanol–water partition coefficient (Wildman–Crippen LogP) is -1.20. The van der Waals surface area contributed by atoms with E-state index in [4.69, 9.17) is 10.2 Å². The first-order valence-corrected chi connectivity index (χ1v) is 5.86. The van der Waals surface area contributed by atoms with Crippen molar-refractivity contribution in [2.75, 3.05) is 13.1 Å². The van der Waals surface area contributed by atoms with E-state index in [1.807, 2.05) is 0 Å². The van der Waals surface area contributed by atoms with Crippen molar-refractivity contribution in [3.63, 3.8) is 0 Å². The minimum atomic E-state index is -1.45. The third kappa shape index (κ3) is 6.36. The van der Waals surface area contributed by atoms with Crippen molar-refractivity contribution in [2.45, 2.75) is 25.5 Å². The Kier molecular flexibility index (Phi) is 6.30. The highest BCUT2D eigenvalue weighted by Crippen LogP contribution is 1.89. The van der Waals surface area contributed by atoms with E-state index in [0.29, 0.717) is 19.5 Å². The highest BCUT2D eigenvalue weighted by Gasteiger charge is 2.12. The van der Waals surface area contributed by atoms with Crippen LogP contribution in [0, 0.1) is 0 Å². The van der Waals surface area contributed by atoms with Crippen LogP contribution in [0.15, 0.2) is 12.4 Å². The Labute approximate surface area is 109 Å². The zero-order chi connectivity index (χ0) is 14.1. The monoisotopic (exact) mass is 271 g/mol. The molecule has 1 atom stereocenters. The summed E-state index contributed by atoms with van der Waals surface area (Å²) in [6.07, 6.45) is 2.53. The number of aryl methyl sites for hydroxylation is 1. The summed E-state index contributed by atoms with van der Waals surface area (Å²) in [5, 5.41) is 29.9. The van der Waals surface area contributed by atoms with E-state index in [1.54, 1.807) is 17.1 Å². The lowest BCUT2D eigenvalue weighted by Gasteiger charge is -2.08. The Bertz CT molecular complexity index is 395. The molecule has 2 amide bonds. The zero-order valence-corrected chi connectivity index (χ0v) is 10.3. The minimum absolute atomic E-state index is 0.0261. The summed E-state index contributed by atoms with van der Waals surface area (Å²) in [4.78, 5) is 21.6. The van der Waals surface area contributed by atoms with Gasteiger partial charge in [-0.3, -0.25) is 4.68 Å². The second-order valence-corrected chi connectivity index (χ2v) is 3.85. The standard InChI is InChI=1S/C10H17N5O4/c16-8(9(17)18)2-4-12-10(19)11-3-1-6-15-7-5-13-14-15/h5,7-8,16H,1-4,6H2,(H,17,18)(H2,11,12,19)/t8-/m0/s1. The van der Waals surface area contributed by atoms with E-state index in [9.17, 15) is 9.59 Å². The molecule has 0 aliphatic heterocycles. The predicted molar refractivity (Wildman–Crippen MR) is 64.3 cm³/mol. The Hall–Kier alpha value is -2.16. The molecule has 0 aliphatic carbocycles. The Morgan fingerprint density at radius 3 is 2.68 bits per heavy atom. The maximum absolute atomic E-state index is 11.3. The van der Waals surface area contributed by atoms with Gasteiger partial charge in [-0.05, 0) is 6.42 Å². The number of aliphatic hydroxyl groups is 1. The van der Waals surface area contributed by atoms with Crippen LogP contribution in [0.25, 0.3) is 0 Å². The van der Waals surface area contributed by atoms with Gasteiger partial charge in [-0.25, -0.2) is 9.59 Å². The van der Waals surface area contributed by atoms with E-state index >= 15 is 0 Å². The van der Waals surface area contributed by atoms with Gasteiger partial charge >= 0.3 is 12.0 Å². The Morgan fingerprint density at radius 1 is 1.32 bits per heavy atom. The number of aromatic nitrogens is 3. The molecule has 0 unspecified atom stereocenters. The van der Waals surface area contributed by atoms with Crippen LogP contribution < -0.4 is 10.6 Å². The van der Waals surface area contributed by atoms with Gasteiger partial charge in [0.2, 0.25) is 0 Å². The van der Waals surface area contributed by atoms with Gasteiger partial charge in [-0.2, -0.15) is 0 Å². The normalized spacial score (nSPS) is 11.8. The number of rotatable bonds is 8. The van der Waals surface area contributed by atoms with E-state index in [2.05, 4.69) is 20.9 Å². The second-order valence-electron chi connectivity index (χ2n) is 3.85. The molecule has 1 aromatic rings. The topological polar surface area (TPSA) is 129 Å². The number of hydrogen-bond acceptors (Lipinski definition) is 5. The van der Waals surface area contributed by atoms with Gasteiger partial charge in [0.1, 0.15) is 0 Å². The van der Waals surface area contributed by atoms with Crippen molar-refractivity contribution in [3.05, 3.63) is 12.4 Å². The van der Waals surface area contributed by atoms with Crippen molar-refractivity contribution in [1.82, 2.24) is 25.6 Å². The molecule has 9 nitrogen and oxygen atoms in total. The summed E-state index contributed by atoms with van der Waals surface area (Å²) >= 11 is 0. The number of aliphatic carboxylic acids is 1. The van der Waals surface area contributed by atoms with Crippen LogP contribution in [0.3, 0.4) is 0 Å². The molecular formula is C10H17N5O4. The smallest absolute Gasteiger partial charge is 0.332 e. The van der Waals surface area contributed by atoms with Crippen molar-refractivity contribution in [3.8, 4) is 0 Å². The molecule has 19 heavy (non-hydrogen) atoms. The first-order chi connectivity index (χ1) is 9.09. The molecule has 0 saturated carbocycles. The number of aliphatic hydroxyl groups excluding tert-OH is 1. The third-order valence-corrected chi connectivity index (χ3v) is 2.31. The van der Waals surface area contributed by atoms with Crippen molar-refractivity contribution in [2.24, 2.45) is 0 Å². The van der Waals surface area contributed by atoms with Crippen LogP contribution in [0.1, 0.15) is 12.8 Å². The van der Waals surface area contributed by atoms with Gasteiger partial charge in [0.05, 0.1) is 6.20 Å². The van der Waals surface area contributed by atoms with Gasteiger partial charge in [0.15, 0.2) is 6.10 Å². The Balaban J connectivity index is 2.00. The molecule has 0 radical (unpaired) electrons. The fraction of sp³-hybridized carbons (Fsp3) is 0.600. The number of carbonyl (C=O) groups excluding carboxylic acids is 1. The maximum atomic E-state index is 11.3.